The number of amides is 3. The van der Waals surface area contributed by atoms with Crippen LogP contribution in [0.15, 0.2) is 30.3 Å². The van der Waals surface area contributed by atoms with Crippen LogP contribution in [0.3, 0.4) is 0 Å². The van der Waals surface area contributed by atoms with Crippen LogP contribution in [-0.2, 0) is 4.79 Å². The van der Waals surface area contributed by atoms with Gasteiger partial charge in [0.25, 0.3) is 0 Å². The van der Waals surface area contributed by atoms with Crippen LogP contribution < -0.4 is 16.4 Å². The van der Waals surface area contributed by atoms with E-state index in [1.807, 2.05) is 23.1 Å². The van der Waals surface area contributed by atoms with Crippen LogP contribution >= 0.6 is 12.4 Å². The molecule has 3 unspecified atom stereocenters. The van der Waals surface area contributed by atoms with Gasteiger partial charge in [-0.25, -0.2) is 4.79 Å². The van der Waals surface area contributed by atoms with Crippen molar-refractivity contribution in [2.45, 2.75) is 38.8 Å². The van der Waals surface area contributed by atoms with Crippen molar-refractivity contribution in [3.63, 3.8) is 0 Å². The molecule has 0 spiro atoms. The lowest BCUT2D eigenvalue weighted by atomic mass is 9.92. The minimum atomic E-state index is -0.582. The average Bonchev–Trinajstić information content (AvgIpc) is 2.54. The molecule has 1 aliphatic heterocycles. The Morgan fingerprint density at radius 3 is 2.62 bits per heavy atom. The van der Waals surface area contributed by atoms with Gasteiger partial charge in [0, 0.05) is 24.8 Å². The smallest absolute Gasteiger partial charge is 0.319 e. The lowest BCUT2D eigenvalue weighted by Crippen LogP contribution is -2.55. The summed E-state index contributed by atoms with van der Waals surface area (Å²) in [7, 11) is 0. The summed E-state index contributed by atoms with van der Waals surface area (Å²) in [5.41, 5.74) is 6.49. The second kappa shape index (κ2) is 9.49. The van der Waals surface area contributed by atoms with Crippen molar-refractivity contribution in [1.29, 1.82) is 0 Å². The monoisotopic (exact) mass is 354 g/mol. The second-order valence-electron chi connectivity index (χ2n) is 6.24. The van der Waals surface area contributed by atoms with E-state index in [0.717, 1.165) is 12.8 Å². The fourth-order valence-corrected chi connectivity index (χ4v) is 2.96. The third kappa shape index (κ3) is 5.39. The van der Waals surface area contributed by atoms with Gasteiger partial charge in [-0.1, -0.05) is 25.1 Å². The standard InChI is InChI=1S/C17H26N4O2.ClH/c1-12-8-9-21(15(10-12)11-18)16(22)13(2)19-17(23)20-14-6-4-3-5-7-14;/h3-7,12-13,15H,8-11,18H2,1-2H3,(H2,19,20,23);1H. The fourth-order valence-electron chi connectivity index (χ4n) is 2.96. The van der Waals surface area contributed by atoms with E-state index in [1.54, 1.807) is 19.1 Å². The van der Waals surface area contributed by atoms with Gasteiger partial charge >= 0.3 is 6.03 Å². The van der Waals surface area contributed by atoms with Gasteiger partial charge < -0.3 is 21.3 Å². The van der Waals surface area contributed by atoms with Crippen LogP contribution in [0.5, 0.6) is 0 Å². The summed E-state index contributed by atoms with van der Waals surface area (Å²) in [5, 5.41) is 5.42. The van der Waals surface area contributed by atoms with E-state index < -0.39 is 6.04 Å². The second-order valence-corrected chi connectivity index (χ2v) is 6.24. The molecule has 134 valence electrons. The number of anilines is 1. The van der Waals surface area contributed by atoms with Crippen molar-refractivity contribution >= 4 is 30.0 Å². The van der Waals surface area contributed by atoms with Crippen molar-refractivity contribution in [1.82, 2.24) is 10.2 Å². The number of para-hydroxylation sites is 1. The molecule has 24 heavy (non-hydrogen) atoms. The summed E-state index contributed by atoms with van der Waals surface area (Å²) in [6, 6.07) is 8.24. The Labute approximate surface area is 149 Å². The van der Waals surface area contributed by atoms with Gasteiger partial charge in [0.15, 0.2) is 0 Å². The highest BCUT2D eigenvalue weighted by molar-refractivity contribution is 5.93. The molecule has 7 heteroatoms. The topological polar surface area (TPSA) is 87.5 Å². The van der Waals surface area contributed by atoms with Crippen LogP contribution in [-0.4, -0.2) is 42.0 Å². The van der Waals surface area contributed by atoms with Crippen molar-refractivity contribution in [3.8, 4) is 0 Å². The highest BCUT2D eigenvalue weighted by atomic mass is 35.5. The number of carbonyl (C=O) groups is 2. The maximum Gasteiger partial charge on any atom is 0.319 e. The predicted octanol–water partition coefficient (Wildman–Crippen LogP) is 2.20. The van der Waals surface area contributed by atoms with Crippen LogP contribution in [0.4, 0.5) is 10.5 Å². The Hall–Kier alpha value is -1.79. The number of piperidine rings is 1. The van der Waals surface area contributed by atoms with Crippen molar-refractivity contribution in [2.75, 3.05) is 18.4 Å². The first-order chi connectivity index (χ1) is 11.0. The Morgan fingerprint density at radius 2 is 2.00 bits per heavy atom. The summed E-state index contributed by atoms with van der Waals surface area (Å²) < 4.78 is 0. The minimum absolute atomic E-state index is 0. The molecule has 0 saturated carbocycles. The number of urea groups is 1. The number of hydrogen-bond acceptors (Lipinski definition) is 3. The number of nitrogens with zero attached hydrogens (tertiary/aromatic N) is 1. The van der Waals surface area contributed by atoms with Gasteiger partial charge in [-0.15, -0.1) is 12.4 Å². The number of likely N-dealkylation sites (tertiary alicyclic amines) is 1. The van der Waals surface area contributed by atoms with Gasteiger partial charge in [-0.05, 0) is 37.8 Å². The molecule has 1 fully saturated rings. The van der Waals surface area contributed by atoms with Crippen LogP contribution in [0.1, 0.15) is 26.7 Å². The van der Waals surface area contributed by atoms with Crippen molar-refractivity contribution in [3.05, 3.63) is 30.3 Å². The molecule has 0 aromatic heterocycles. The number of rotatable bonds is 4. The van der Waals surface area contributed by atoms with Crippen LogP contribution in [0, 0.1) is 5.92 Å². The normalized spacial score (nSPS) is 21.4. The summed E-state index contributed by atoms with van der Waals surface area (Å²) >= 11 is 0. The Bertz CT molecular complexity index is 541. The number of halogens is 1. The van der Waals surface area contributed by atoms with Gasteiger partial charge in [0.2, 0.25) is 5.91 Å². The molecule has 3 amide bonds. The summed E-state index contributed by atoms with van der Waals surface area (Å²) in [6.45, 7) is 5.05. The Morgan fingerprint density at radius 1 is 1.33 bits per heavy atom. The highest BCUT2D eigenvalue weighted by Gasteiger charge is 2.31. The van der Waals surface area contributed by atoms with E-state index in [-0.39, 0.29) is 30.4 Å². The molecule has 1 aromatic carbocycles. The maximum atomic E-state index is 12.6. The third-order valence-corrected chi connectivity index (χ3v) is 4.28. The molecule has 2 rings (SSSR count). The number of carbonyl (C=O) groups excluding carboxylic acids is 2. The van der Waals surface area contributed by atoms with E-state index in [4.69, 9.17) is 5.73 Å². The predicted molar refractivity (Wildman–Crippen MR) is 98.3 cm³/mol. The molecule has 1 aromatic rings. The zero-order valence-electron chi connectivity index (χ0n) is 14.2. The zero-order chi connectivity index (χ0) is 16.8. The average molecular weight is 355 g/mol. The molecule has 0 radical (unpaired) electrons. The van der Waals surface area contributed by atoms with Gasteiger partial charge in [-0.3, -0.25) is 4.79 Å². The first-order valence-corrected chi connectivity index (χ1v) is 8.14. The molecule has 3 atom stereocenters. The number of nitrogens with one attached hydrogen (secondary N) is 2. The molecule has 0 aliphatic carbocycles. The quantitative estimate of drug-likeness (QED) is 0.774. The van der Waals surface area contributed by atoms with Crippen LogP contribution in [0.2, 0.25) is 0 Å². The maximum absolute atomic E-state index is 12.6. The molecule has 1 saturated heterocycles. The van der Waals surface area contributed by atoms with Gasteiger partial charge in [0.1, 0.15) is 6.04 Å². The molecule has 0 bridgehead atoms. The SMILES string of the molecule is CC1CCN(C(=O)C(C)NC(=O)Nc2ccccc2)C(CN)C1.Cl. The Kier molecular flexibility index (Phi) is 8.01. The minimum Gasteiger partial charge on any atom is -0.337 e. The molecule has 1 heterocycles. The van der Waals surface area contributed by atoms with E-state index in [0.29, 0.717) is 24.7 Å². The van der Waals surface area contributed by atoms with Crippen molar-refractivity contribution < 1.29 is 9.59 Å². The van der Waals surface area contributed by atoms with E-state index >= 15 is 0 Å². The fraction of sp³-hybridized carbons (Fsp3) is 0.529. The Balaban J connectivity index is 0.00000288. The number of benzene rings is 1. The largest absolute Gasteiger partial charge is 0.337 e. The van der Waals surface area contributed by atoms with E-state index in [2.05, 4.69) is 17.6 Å². The summed E-state index contributed by atoms with van der Waals surface area (Å²) in [4.78, 5) is 26.4. The third-order valence-electron chi connectivity index (χ3n) is 4.28. The number of nitrogens with two attached hydrogens (primary N) is 1. The van der Waals surface area contributed by atoms with Gasteiger partial charge in [0.05, 0.1) is 0 Å². The summed E-state index contributed by atoms with van der Waals surface area (Å²) in [6.07, 6.45) is 1.90. The molecular formula is C17H27ClN4O2. The lowest BCUT2D eigenvalue weighted by molar-refractivity contribution is -0.136. The zero-order valence-corrected chi connectivity index (χ0v) is 15.0. The lowest BCUT2D eigenvalue weighted by Gasteiger charge is -2.39. The molecule has 1 aliphatic rings. The first kappa shape index (κ1) is 20.3. The van der Waals surface area contributed by atoms with Crippen molar-refractivity contribution in [2.24, 2.45) is 11.7 Å². The molecule has 6 nitrogen and oxygen atoms in total. The van der Waals surface area contributed by atoms with E-state index in [1.165, 1.54) is 0 Å². The highest BCUT2D eigenvalue weighted by Crippen LogP contribution is 2.22. The first-order valence-electron chi connectivity index (χ1n) is 8.14. The molecular weight excluding hydrogens is 328 g/mol. The van der Waals surface area contributed by atoms with Gasteiger partial charge in [-0.2, -0.15) is 0 Å². The summed E-state index contributed by atoms with van der Waals surface area (Å²) in [5.74, 6) is 0.507. The van der Waals surface area contributed by atoms with Crippen LogP contribution in [0.25, 0.3) is 0 Å². The number of hydrogen-bond donors (Lipinski definition) is 3. The van der Waals surface area contributed by atoms with E-state index in [9.17, 15) is 9.59 Å². The molecule has 4 N–H and O–H groups in total.